The molecule has 0 aliphatic rings. The number of carbonyl (C=O) groups is 1. The maximum atomic E-state index is 13.9. The quantitative estimate of drug-likeness (QED) is 0.776. The van der Waals surface area contributed by atoms with Gasteiger partial charge in [0.15, 0.2) is 11.5 Å². The minimum Gasteiger partial charge on any atom is -0.504 e. The van der Waals surface area contributed by atoms with Gasteiger partial charge >= 0.3 is 5.97 Å². The first-order valence-electron chi connectivity index (χ1n) is 5.55. The summed E-state index contributed by atoms with van der Waals surface area (Å²) in [6, 6.07) is 1.68. The molecule has 0 aliphatic heterocycles. The van der Waals surface area contributed by atoms with Gasteiger partial charge in [0.2, 0.25) is 6.17 Å². The van der Waals surface area contributed by atoms with E-state index in [1.54, 1.807) is 13.0 Å². The molecule has 1 aromatic rings. The summed E-state index contributed by atoms with van der Waals surface area (Å²) in [6.07, 6.45) is -2.07. The molecule has 1 unspecified atom stereocenters. The number of alkyl halides is 1. The lowest BCUT2D eigenvalue weighted by molar-refractivity contribution is -0.149. The molecule has 0 radical (unpaired) electrons. The van der Waals surface area contributed by atoms with E-state index in [0.717, 1.165) is 0 Å². The highest BCUT2D eigenvalue weighted by atomic mass is 79.9. The SMILES string of the molecule is CCOC(=O)C(F)[C@@H](N)c1c(Br)ccc(OC)c1O.Cl. The number of hydrogen-bond donors (Lipinski definition) is 2. The fraction of sp³-hybridized carbons (Fsp3) is 0.417. The summed E-state index contributed by atoms with van der Waals surface area (Å²) >= 11 is 3.15. The molecule has 0 bridgehead atoms. The number of phenolic OH excluding ortho intramolecular Hbond substituents is 1. The number of phenols is 1. The molecule has 1 rings (SSSR count). The third-order valence-corrected chi connectivity index (χ3v) is 3.20. The lowest BCUT2D eigenvalue weighted by Crippen LogP contribution is -2.31. The molecular formula is C12H16BrClFNO4. The van der Waals surface area contributed by atoms with Crippen molar-refractivity contribution in [2.24, 2.45) is 5.73 Å². The molecule has 5 nitrogen and oxygen atoms in total. The summed E-state index contributed by atoms with van der Waals surface area (Å²) in [6.45, 7) is 1.62. The van der Waals surface area contributed by atoms with Gasteiger partial charge in [0.1, 0.15) is 0 Å². The minimum absolute atomic E-state index is 0. The highest BCUT2D eigenvalue weighted by Gasteiger charge is 2.32. The number of benzene rings is 1. The summed E-state index contributed by atoms with van der Waals surface area (Å²) < 4.78 is 23.7. The van der Waals surface area contributed by atoms with Gasteiger partial charge in [-0.15, -0.1) is 12.4 Å². The van der Waals surface area contributed by atoms with Gasteiger partial charge in [-0.1, -0.05) is 15.9 Å². The summed E-state index contributed by atoms with van der Waals surface area (Å²) in [4.78, 5) is 11.3. The Bertz CT molecular complexity index is 475. The van der Waals surface area contributed by atoms with E-state index < -0.39 is 18.2 Å². The van der Waals surface area contributed by atoms with E-state index in [-0.39, 0.29) is 36.1 Å². The smallest absolute Gasteiger partial charge is 0.342 e. The van der Waals surface area contributed by atoms with Crippen LogP contribution in [0.2, 0.25) is 0 Å². The number of methoxy groups -OCH3 is 1. The van der Waals surface area contributed by atoms with Crippen LogP contribution in [-0.4, -0.2) is 31.0 Å². The number of rotatable bonds is 5. The molecule has 2 atom stereocenters. The van der Waals surface area contributed by atoms with Gasteiger partial charge in [-0.05, 0) is 19.1 Å². The Morgan fingerprint density at radius 2 is 2.15 bits per heavy atom. The zero-order valence-corrected chi connectivity index (χ0v) is 13.3. The Kier molecular flexibility index (Phi) is 7.85. The highest BCUT2D eigenvalue weighted by Crippen LogP contribution is 2.39. The third-order valence-electron chi connectivity index (χ3n) is 2.51. The Morgan fingerprint density at radius 1 is 1.55 bits per heavy atom. The van der Waals surface area contributed by atoms with Gasteiger partial charge in [0, 0.05) is 10.0 Å². The van der Waals surface area contributed by atoms with Crippen LogP contribution in [0, 0.1) is 0 Å². The maximum Gasteiger partial charge on any atom is 0.342 e. The lowest BCUT2D eigenvalue weighted by Gasteiger charge is -2.19. The summed E-state index contributed by atoms with van der Waals surface area (Å²) in [5.41, 5.74) is 5.73. The van der Waals surface area contributed by atoms with Crippen LogP contribution in [0.1, 0.15) is 18.5 Å². The van der Waals surface area contributed by atoms with Gasteiger partial charge in [-0.25, -0.2) is 9.18 Å². The topological polar surface area (TPSA) is 81.8 Å². The third kappa shape index (κ3) is 3.97. The van der Waals surface area contributed by atoms with Crippen molar-refractivity contribution >= 4 is 34.3 Å². The average molecular weight is 373 g/mol. The molecule has 0 spiro atoms. The van der Waals surface area contributed by atoms with Crippen LogP contribution >= 0.6 is 28.3 Å². The second kappa shape index (κ2) is 8.28. The van der Waals surface area contributed by atoms with E-state index >= 15 is 0 Å². The van der Waals surface area contributed by atoms with Crippen molar-refractivity contribution in [3.05, 3.63) is 22.2 Å². The van der Waals surface area contributed by atoms with Crippen molar-refractivity contribution < 1.29 is 23.8 Å². The molecule has 0 amide bonds. The number of ether oxygens (including phenoxy) is 2. The molecular weight excluding hydrogens is 356 g/mol. The molecule has 0 fully saturated rings. The average Bonchev–Trinajstić information content (AvgIpc) is 2.38. The molecule has 3 N–H and O–H groups in total. The van der Waals surface area contributed by atoms with Crippen LogP contribution in [-0.2, 0) is 9.53 Å². The van der Waals surface area contributed by atoms with Gasteiger partial charge in [0.25, 0.3) is 0 Å². The van der Waals surface area contributed by atoms with E-state index in [4.69, 9.17) is 10.5 Å². The second-order valence-electron chi connectivity index (χ2n) is 3.69. The Labute approximate surface area is 130 Å². The lowest BCUT2D eigenvalue weighted by atomic mass is 10.0. The van der Waals surface area contributed by atoms with Crippen LogP contribution < -0.4 is 10.5 Å². The van der Waals surface area contributed by atoms with E-state index in [1.807, 2.05) is 0 Å². The van der Waals surface area contributed by atoms with Crippen LogP contribution in [0.5, 0.6) is 11.5 Å². The molecule has 0 saturated carbocycles. The molecule has 0 aromatic heterocycles. The highest BCUT2D eigenvalue weighted by molar-refractivity contribution is 9.10. The van der Waals surface area contributed by atoms with Crippen LogP contribution in [0.15, 0.2) is 16.6 Å². The molecule has 114 valence electrons. The molecule has 0 heterocycles. The molecule has 0 saturated heterocycles. The molecule has 8 heteroatoms. The monoisotopic (exact) mass is 371 g/mol. The first-order valence-corrected chi connectivity index (χ1v) is 6.34. The van der Waals surface area contributed by atoms with E-state index in [1.165, 1.54) is 13.2 Å². The molecule has 1 aromatic carbocycles. The van der Waals surface area contributed by atoms with Crippen LogP contribution in [0.4, 0.5) is 4.39 Å². The van der Waals surface area contributed by atoms with Crippen molar-refractivity contribution in [2.45, 2.75) is 19.1 Å². The van der Waals surface area contributed by atoms with Gasteiger partial charge in [0.05, 0.1) is 19.8 Å². The summed E-state index contributed by atoms with van der Waals surface area (Å²) in [7, 11) is 1.36. The van der Waals surface area contributed by atoms with E-state index in [2.05, 4.69) is 20.7 Å². The minimum atomic E-state index is -2.07. The summed E-state index contributed by atoms with van der Waals surface area (Å²) in [5.74, 6) is -1.23. The fourth-order valence-electron chi connectivity index (χ4n) is 1.56. The zero-order valence-electron chi connectivity index (χ0n) is 10.9. The predicted octanol–water partition coefficient (Wildman–Crippen LogP) is 2.49. The first-order chi connectivity index (χ1) is 8.93. The number of nitrogens with two attached hydrogens (primary N) is 1. The van der Waals surface area contributed by atoms with Gasteiger partial charge < -0.3 is 20.3 Å². The summed E-state index contributed by atoms with van der Waals surface area (Å²) in [5, 5.41) is 9.95. The van der Waals surface area contributed by atoms with Crippen molar-refractivity contribution in [2.75, 3.05) is 13.7 Å². The van der Waals surface area contributed by atoms with Crippen molar-refractivity contribution in [1.29, 1.82) is 0 Å². The van der Waals surface area contributed by atoms with Gasteiger partial charge in [-0.2, -0.15) is 0 Å². The number of esters is 1. The normalized spacial score (nSPS) is 13.1. The van der Waals surface area contributed by atoms with E-state index in [9.17, 15) is 14.3 Å². The number of hydrogen-bond acceptors (Lipinski definition) is 5. The molecule has 20 heavy (non-hydrogen) atoms. The van der Waals surface area contributed by atoms with Crippen LogP contribution in [0.3, 0.4) is 0 Å². The fourth-order valence-corrected chi connectivity index (χ4v) is 2.14. The second-order valence-corrected chi connectivity index (χ2v) is 4.55. The zero-order chi connectivity index (χ0) is 14.6. The van der Waals surface area contributed by atoms with Crippen molar-refractivity contribution in [3.8, 4) is 11.5 Å². The van der Waals surface area contributed by atoms with Gasteiger partial charge in [-0.3, -0.25) is 0 Å². The first kappa shape index (κ1) is 18.9. The number of halogens is 3. The van der Waals surface area contributed by atoms with E-state index in [0.29, 0.717) is 4.47 Å². The predicted molar refractivity (Wildman–Crippen MR) is 78.1 cm³/mol. The Hall–Kier alpha value is -1.05. The van der Waals surface area contributed by atoms with Crippen molar-refractivity contribution in [1.82, 2.24) is 0 Å². The standard InChI is InChI=1S/C12H15BrFNO4.ClH/c1-3-19-12(17)9(14)10(15)8-6(13)4-5-7(18-2)11(8)16;/h4-5,9-10,16H,3,15H2,1-2H3;1H/t9?,10-;/m0./s1. The Morgan fingerprint density at radius 3 is 2.65 bits per heavy atom. The van der Waals surface area contributed by atoms with Crippen molar-refractivity contribution in [3.63, 3.8) is 0 Å². The Balaban J connectivity index is 0.00000361. The number of aromatic hydroxyl groups is 1. The number of carbonyl (C=O) groups excluding carboxylic acids is 1. The van der Waals surface area contributed by atoms with Crippen LogP contribution in [0.25, 0.3) is 0 Å². The molecule has 0 aliphatic carbocycles. The maximum absolute atomic E-state index is 13.9. The largest absolute Gasteiger partial charge is 0.504 e.